The molecule has 2 aromatic rings. The fraction of sp³-hybridized carbons (Fsp3) is 0.182. The molecule has 84 valence electrons. The maximum Gasteiger partial charge on any atom is 0.170 e. The number of aromatic amines is 1. The lowest BCUT2D eigenvalue weighted by molar-refractivity contribution is 0.817. The zero-order chi connectivity index (χ0) is 11.5. The van der Waals surface area contributed by atoms with Crippen LogP contribution in [0, 0.1) is 0 Å². The number of benzene rings is 1. The fourth-order valence-corrected chi connectivity index (χ4v) is 2.34. The molecule has 1 aromatic carbocycles. The minimum absolute atomic E-state index is 0.000151. The number of hydrogen-bond donors (Lipinski definition) is 2. The second kappa shape index (κ2) is 4.91. The number of rotatable bonds is 3. The van der Waals surface area contributed by atoms with Gasteiger partial charge < -0.3 is 10.7 Å². The molecule has 0 saturated heterocycles. The monoisotopic (exact) mass is 253 g/mol. The highest BCUT2D eigenvalue weighted by Gasteiger charge is 2.07. The van der Waals surface area contributed by atoms with Gasteiger partial charge in [-0.15, -0.1) is 0 Å². The zero-order valence-electron chi connectivity index (χ0n) is 8.77. The molecular weight excluding hydrogens is 242 g/mol. The van der Waals surface area contributed by atoms with E-state index in [1.54, 1.807) is 12.4 Å². The van der Waals surface area contributed by atoms with Crippen LogP contribution >= 0.6 is 23.4 Å². The molecule has 0 fully saturated rings. The molecule has 1 atom stereocenters. The first-order valence-corrected chi connectivity index (χ1v) is 6.08. The van der Waals surface area contributed by atoms with Gasteiger partial charge in [-0.2, -0.15) is 0 Å². The number of hydrogen-bond acceptors (Lipinski definition) is 3. The van der Waals surface area contributed by atoms with Crippen molar-refractivity contribution in [3.63, 3.8) is 0 Å². The van der Waals surface area contributed by atoms with E-state index in [0.29, 0.717) is 5.02 Å². The summed E-state index contributed by atoms with van der Waals surface area (Å²) in [6, 6.07) is 5.85. The third kappa shape index (κ3) is 2.58. The van der Waals surface area contributed by atoms with Crippen molar-refractivity contribution in [2.75, 3.05) is 0 Å². The van der Waals surface area contributed by atoms with Crippen LogP contribution in [-0.2, 0) is 0 Å². The molecule has 3 N–H and O–H groups in total. The van der Waals surface area contributed by atoms with Crippen LogP contribution in [0.3, 0.4) is 0 Å². The first-order valence-electron chi connectivity index (χ1n) is 4.89. The Hall–Kier alpha value is -0.970. The lowest BCUT2D eigenvalue weighted by Crippen LogP contribution is -2.04. The molecule has 2 rings (SSSR count). The molecule has 3 nitrogen and oxygen atoms in total. The van der Waals surface area contributed by atoms with Crippen molar-refractivity contribution in [2.24, 2.45) is 5.73 Å². The van der Waals surface area contributed by atoms with E-state index in [0.717, 1.165) is 15.6 Å². The highest BCUT2D eigenvalue weighted by Crippen LogP contribution is 2.32. The highest BCUT2D eigenvalue weighted by molar-refractivity contribution is 7.99. The van der Waals surface area contributed by atoms with Crippen molar-refractivity contribution < 1.29 is 0 Å². The van der Waals surface area contributed by atoms with Crippen molar-refractivity contribution in [3.8, 4) is 0 Å². The Morgan fingerprint density at radius 2 is 2.31 bits per heavy atom. The van der Waals surface area contributed by atoms with Gasteiger partial charge in [-0.1, -0.05) is 29.4 Å². The van der Waals surface area contributed by atoms with Gasteiger partial charge in [0.15, 0.2) is 5.16 Å². The molecule has 0 unspecified atom stereocenters. The molecule has 0 aliphatic heterocycles. The van der Waals surface area contributed by atoms with E-state index in [9.17, 15) is 0 Å². The summed E-state index contributed by atoms with van der Waals surface area (Å²) >= 11 is 7.67. The van der Waals surface area contributed by atoms with Crippen LogP contribution in [-0.4, -0.2) is 9.97 Å². The maximum absolute atomic E-state index is 6.17. The Balaban J connectivity index is 2.23. The second-order valence-electron chi connectivity index (χ2n) is 3.47. The van der Waals surface area contributed by atoms with E-state index in [1.807, 2.05) is 25.1 Å². The molecule has 0 radical (unpaired) electrons. The summed E-state index contributed by atoms with van der Waals surface area (Å²) in [5.74, 6) is 0. The molecule has 0 aliphatic rings. The summed E-state index contributed by atoms with van der Waals surface area (Å²) in [6.07, 6.45) is 3.50. The first-order chi connectivity index (χ1) is 7.66. The van der Waals surface area contributed by atoms with Crippen molar-refractivity contribution in [1.29, 1.82) is 0 Å². The SMILES string of the molecule is C[C@H](N)c1ccc(Sc2ncc[nH]2)c(Cl)c1. The van der Waals surface area contributed by atoms with Gasteiger partial charge in [-0.3, -0.25) is 0 Å². The third-order valence-corrected chi connectivity index (χ3v) is 3.58. The lowest BCUT2D eigenvalue weighted by Gasteiger charge is -2.08. The average Bonchev–Trinajstić information content (AvgIpc) is 2.73. The van der Waals surface area contributed by atoms with Crippen LogP contribution in [0.15, 0.2) is 40.6 Å². The number of nitrogens with two attached hydrogens (primary N) is 1. The van der Waals surface area contributed by atoms with Crippen LogP contribution in [0.25, 0.3) is 0 Å². The van der Waals surface area contributed by atoms with Gasteiger partial charge in [-0.05, 0) is 24.6 Å². The van der Waals surface area contributed by atoms with Gasteiger partial charge in [0.1, 0.15) is 0 Å². The Kier molecular flexibility index (Phi) is 3.53. The van der Waals surface area contributed by atoms with E-state index >= 15 is 0 Å². The number of nitrogens with one attached hydrogen (secondary N) is 1. The molecular formula is C11H12ClN3S. The third-order valence-electron chi connectivity index (χ3n) is 2.16. The maximum atomic E-state index is 6.17. The van der Waals surface area contributed by atoms with Gasteiger partial charge in [-0.25, -0.2) is 4.98 Å². The zero-order valence-corrected chi connectivity index (χ0v) is 10.3. The number of H-pyrrole nitrogens is 1. The lowest BCUT2D eigenvalue weighted by atomic mass is 10.1. The highest BCUT2D eigenvalue weighted by atomic mass is 35.5. The van der Waals surface area contributed by atoms with Gasteiger partial charge in [0.05, 0.1) is 5.02 Å². The largest absolute Gasteiger partial charge is 0.339 e. The Morgan fingerprint density at radius 1 is 1.50 bits per heavy atom. The molecule has 0 saturated carbocycles. The number of nitrogens with zero attached hydrogens (tertiary/aromatic N) is 1. The smallest absolute Gasteiger partial charge is 0.170 e. The first kappa shape index (κ1) is 11.5. The fourth-order valence-electron chi connectivity index (χ4n) is 1.29. The van der Waals surface area contributed by atoms with Gasteiger partial charge in [0, 0.05) is 23.3 Å². The quantitative estimate of drug-likeness (QED) is 0.883. The Labute approximate surface area is 103 Å². The summed E-state index contributed by atoms with van der Waals surface area (Å²) in [7, 11) is 0. The Bertz CT molecular complexity index is 468. The van der Waals surface area contributed by atoms with E-state index in [2.05, 4.69) is 9.97 Å². The summed E-state index contributed by atoms with van der Waals surface area (Å²) in [5, 5.41) is 1.53. The summed E-state index contributed by atoms with van der Waals surface area (Å²) in [5.41, 5.74) is 6.82. The van der Waals surface area contributed by atoms with Crippen LogP contribution in [0.5, 0.6) is 0 Å². The van der Waals surface area contributed by atoms with Crippen molar-refractivity contribution in [3.05, 3.63) is 41.2 Å². The summed E-state index contributed by atoms with van der Waals surface area (Å²) in [6.45, 7) is 1.94. The van der Waals surface area contributed by atoms with Gasteiger partial charge in [0.25, 0.3) is 0 Å². The molecule has 0 aliphatic carbocycles. The number of aromatic nitrogens is 2. The standard InChI is InChI=1S/C11H12ClN3S/c1-7(13)8-2-3-10(9(12)6-8)16-11-14-4-5-15-11/h2-7H,13H2,1H3,(H,14,15)/t7-/m0/s1. The number of imidazole rings is 1. The molecule has 0 amide bonds. The molecule has 0 bridgehead atoms. The van der Waals surface area contributed by atoms with E-state index in [4.69, 9.17) is 17.3 Å². The molecule has 16 heavy (non-hydrogen) atoms. The predicted molar refractivity (Wildman–Crippen MR) is 66.8 cm³/mol. The molecule has 0 spiro atoms. The van der Waals surface area contributed by atoms with Crippen LogP contribution < -0.4 is 5.73 Å². The molecule has 1 heterocycles. The molecule has 5 heteroatoms. The topological polar surface area (TPSA) is 54.7 Å². The van der Waals surface area contributed by atoms with Crippen molar-refractivity contribution in [2.45, 2.75) is 23.0 Å². The van der Waals surface area contributed by atoms with Crippen molar-refractivity contribution >= 4 is 23.4 Å². The summed E-state index contributed by atoms with van der Waals surface area (Å²) < 4.78 is 0. The van der Waals surface area contributed by atoms with E-state index < -0.39 is 0 Å². The average molecular weight is 254 g/mol. The van der Waals surface area contributed by atoms with Crippen LogP contribution in [0.2, 0.25) is 5.02 Å². The minimum Gasteiger partial charge on any atom is -0.339 e. The van der Waals surface area contributed by atoms with Gasteiger partial charge >= 0.3 is 0 Å². The minimum atomic E-state index is 0.000151. The molecule has 1 aromatic heterocycles. The normalized spacial score (nSPS) is 12.7. The van der Waals surface area contributed by atoms with Gasteiger partial charge in [0.2, 0.25) is 0 Å². The van der Waals surface area contributed by atoms with Crippen molar-refractivity contribution in [1.82, 2.24) is 9.97 Å². The summed E-state index contributed by atoms with van der Waals surface area (Å²) in [4.78, 5) is 8.13. The Morgan fingerprint density at radius 3 is 2.88 bits per heavy atom. The second-order valence-corrected chi connectivity index (χ2v) is 4.91. The predicted octanol–water partition coefficient (Wildman–Crippen LogP) is 3.23. The van der Waals surface area contributed by atoms with Crippen LogP contribution in [0.1, 0.15) is 18.5 Å². The number of halogens is 1. The van der Waals surface area contributed by atoms with Crippen LogP contribution in [0.4, 0.5) is 0 Å². The van der Waals surface area contributed by atoms with E-state index in [1.165, 1.54) is 11.8 Å². The van der Waals surface area contributed by atoms with E-state index in [-0.39, 0.29) is 6.04 Å².